The minimum Gasteiger partial charge on any atom is -0.465 e. The minimum absolute atomic E-state index is 0.0889. The Kier molecular flexibility index (Phi) is 6.28. The van der Waals surface area contributed by atoms with Crippen LogP contribution in [0.25, 0.3) is 10.8 Å². The van der Waals surface area contributed by atoms with Crippen LogP contribution in [0, 0.1) is 0 Å². The van der Waals surface area contributed by atoms with Crippen LogP contribution in [0.15, 0.2) is 60.7 Å². The van der Waals surface area contributed by atoms with E-state index in [-0.39, 0.29) is 16.3 Å². The first-order valence-corrected chi connectivity index (χ1v) is 11.1. The maximum absolute atomic E-state index is 12.6. The van der Waals surface area contributed by atoms with Crippen LogP contribution in [-0.2, 0) is 19.6 Å². The third-order valence-electron chi connectivity index (χ3n) is 4.38. The van der Waals surface area contributed by atoms with E-state index in [9.17, 15) is 18.0 Å². The standard InChI is InChI=1S/C21H19ClN2O5S/c1-29-21(26)17-12-15(10-11-18(17)22)23-20(25)13-24(30(2,27)28)19-9-5-7-14-6-3-4-8-16(14)19/h3-12H,13H2,1-2H3,(H,23,25). The number of methoxy groups -OCH3 is 1. The number of carbonyl (C=O) groups is 2. The molecule has 1 amide bonds. The van der Waals surface area contributed by atoms with E-state index in [1.54, 1.807) is 24.3 Å². The fraction of sp³-hybridized carbons (Fsp3) is 0.143. The van der Waals surface area contributed by atoms with Crippen molar-refractivity contribution in [1.29, 1.82) is 0 Å². The number of anilines is 2. The van der Waals surface area contributed by atoms with Gasteiger partial charge in [-0.2, -0.15) is 0 Å². The molecule has 3 aromatic rings. The predicted octanol–water partition coefficient (Wildman–Crippen LogP) is 3.68. The fourth-order valence-corrected chi connectivity index (χ4v) is 4.07. The largest absolute Gasteiger partial charge is 0.465 e. The predicted molar refractivity (Wildman–Crippen MR) is 118 cm³/mol. The van der Waals surface area contributed by atoms with Crippen molar-refractivity contribution in [2.24, 2.45) is 0 Å². The average Bonchev–Trinajstić information content (AvgIpc) is 2.71. The summed E-state index contributed by atoms with van der Waals surface area (Å²) in [5, 5.41) is 4.33. The number of hydrogen-bond donors (Lipinski definition) is 1. The van der Waals surface area contributed by atoms with Gasteiger partial charge < -0.3 is 10.1 Å². The molecule has 0 spiro atoms. The third-order valence-corrected chi connectivity index (χ3v) is 5.83. The van der Waals surface area contributed by atoms with Gasteiger partial charge in [-0.1, -0.05) is 48.0 Å². The second-order valence-electron chi connectivity index (χ2n) is 6.50. The number of amides is 1. The first-order valence-electron chi connectivity index (χ1n) is 8.84. The first-order chi connectivity index (χ1) is 14.2. The van der Waals surface area contributed by atoms with Crippen LogP contribution in [0.2, 0.25) is 5.02 Å². The normalized spacial score (nSPS) is 11.2. The second kappa shape index (κ2) is 8.73. The highest BCUT2D eigenvalue weighted by atomic mass is 35.5. The van der Waals surface area contributed by atoms with E-state index >= 15 is 0 Å². The van der Waals surface area contributed by atoms with Gasteiger partial charge >= 0.3 is 5.97 Å². The summed E-state index contributed by atoms with van der Waals surface area (Å²) < 4.78 is 30.6. The molecule has 7 nitrogen and oxygen atoms in total. The molecule has 0 aliphatic heterocycles. The van der Waals surface area contributed by atoms with Crippen LogP contribution in [-0.4, -0.2) is 40.2 Å². The van der Waals surface area contributed by atoms with E-state index < -0.39 is 28.4 Å². The molecule has 0 aliphatic carbocycles. The Bertz CT molecular complexity index is 1220. The SMILES string of the molecule is COC(=O)c1cc(NC(=O)CN(c2cccc3ccccc23)S(C)(=O)=O)ccc1Cl. The van der Waals surface area contributed by atoms with E-state index in [2.05, 4.69) is 10.1 Å². The Hall–Kier alpha value is -3.10. The van der Waals surface area contributed by atoms with Gasteiger partial charge in [-0.25, -0.2) is 13.2 Å². The molecule has 0 aliphatic rings. The van der Waals surface area contributed by atoms with Crippen molar-refractivity contribution in [2.45, 2.75) is 0 Å². The zero-order valence-electron chi connectivity index (χ0n) is 16.3. The molecule has 0 saturated carbocycles. The topological polar surface area (TPSA) is 92.8 Å². The molecule has 3 rings (SSSR count). The Balaban J connectivity index is 1.90. The van der Waals surface area contributed by atoms with Gasteiger partial charge in [0.05, 0.1) is 29.6 Å². The maximum Gasteiger partial charge on any atom is 0.339 e. The number of esters is 1. The summed E-state index contributed by atoms with van der Waals surface area (Å²) in [6.45, 7) is -0.441. The van der Waals surface area contributed by atoms with Crippen LogP contribution in [0.3, 0.4) is 0 Å². The number of nitrogens with one attached hydrogen (secondary N) is 1. The summed E-state index contributed by atoms with van der Waals surface area (Å²) in [4.78, 5) is 24.4. The summed E-state index contributed by atoms with van der Waals surface area (Å²) in [5.41, 5.74) is 0.777. The summed E-state index contributed by atoms with van der Waals surface area (Å²) in [6, 6.07) is 16.9. The summed E-state index contributed by atoms with van der Waals surface area (Å²) >= 11 is 5.99. The van der Waals surface area contributed by atoms with Gasteiger partial charge in [0, 0.05) is 11.1 Å². The number of nitrogens with zero attached hydrogens (tertiary/aromatic N) is 1. The van der Waals surface area contributed by atoms with E-state index in [1.165, 1.54) is 25.3 Å². The number of sulfonamides is 1. The monoisotopic (exact) mass is 446 g/mol. The molecule has 156 valence electrons. The minimum atomic E-state index is -3.75. The quantitative estimate of drug-likeness (QED) is 0.583. The molecule has 0 atom stereocenters. The number of carbonyl (C=O) groups excluding carboxylic acids is 2. The van der Waals surface area contributed by atoms with Gasteiger partial charge in [0.25, 0.3) is 0 Å². The highest BCUT2D eigenvalue weighted by Gasteiger charge is 2.23. The molecule has 0 bridgehead atoms. The van der Waals surface area contributed by atoms with E-state index in [0.717, 1.165) is 15.9 Å². The van der Waals surface area contributed by atoms with Crippen molar-refractivity contribution < 1.29 is 22.7 Å². The van der Waals surface area contributed by atoms with Crippen LogP contribution in [0.5, 0.6) is 0 Å². The van der Waals surface area contributed by atoms with Crippen LogP contribution in [0.4, 0.5) is 11.4 Å². The van der Waals surface area contributed by atoms with E-state index in [4.69, 9.17) is 11.6 Å². The third kappa shape index (κ3) is 4.72. The van der Waals surface area contributed by atoms with Gasteiger partial charge in [0.15, 0.2) is 0 Å². The number of halogens is 1. The number of ether oxygens (including phenoxy) is 1. The van der Waals surface area contributed by atoms with Crippen molar-refractivity contribution in [3.05, 3.63) is 71.2 Å². The molecule has 0 fully saturated rings. The van der Waals surface area contributed by atoms with Gasteiger partial charge in [0.1, 0.15) is 6.54 Å². The van der Waals surface area contributed by atoms with Crippen LogP contribution < -0.4 is 9.62 Å². The van der Waals surface area contributed by atoms with Crippen LogP contribution in [0.1, 0.15) is 10.4 Å². The molecular weight excluding hydrogens is 428 g/mol. The zero-order valence-corrected chi connectivity index (χ0v) is 17.8. The first kappa shape index (κ1) is 21.6. The smallest absolute Gasteiger partial charge is 0.339 e. The lowest BCUT2D eigenvalue weighted by atomic mass is 10.1. The molecule has 0 aromatic heterocycles. The highest BCUT2D eigenvalue weighted by Crippen LogP contribution is 2.28. The molecular formula is C21H19ClN2O5S. The molecule has 3 aromatic carbocycles. The van der Waals surface area contributed by atoms with Crippen molar-refractivity contribution >= 4 is 55.6 Å². The summed E-state index contributed by atoms with van der Waals surface area (Å²) in [5.74, 6) is -1.23. The molecule has 9 heteroatoms. The summed E-state index contributed by atoms with van der Waals surface area (Å²) in [6.07, 6.45) is 1.04. The highest BCUT2D eigenvalue weighted by molar-refractivity contribution is 7.92. The molecule has 1 N–H and O–H groups in total. The van der Waals surface area contributed by atoms with Gasteiger partial charge in [-0.3, -0.25) is 9.10 Å². The maximum atomic E-state index is 12.6. The van der Waals surface area contributed by atoms with Gasteiger partial charge in [-0.05, 0) is 29.7 Å². The molecule has 0 heterocycles. The lowest BCUT2D eigenvalue weighted by Gasteiger charge is -2.23. The zero-order chi connectivity index (χ0) is 21.9. The molecule has 0 radical (unpaired) electrons. The fourth-order valence-electron chi connectivity index (χ4n) is 3.01. The Morgan fingerprint density at radius 1 is 1.07 bits per heavy atom. The number of fused-ring (bicyclic) bond motifs is 1. The number of benzene rings is 3. The molecule has 0 unspecified atom stereocenters. The van der Waals surface area contributed by atoms with Crippen molar-refractivity contribution in [3.63, 3.8) is 0 Å². The number of hydrogen-bond acceptors (Lipinski definition) is 5. The summed E-state index contributed by atoms with van der Waals surface area (Å²) in [7, 11) is -2.53. The Morgan fingerprint density at radius 3 is 2.47 bits per heavy atom. The van der Waals surface area contributed by atoms with Gasteiger partial charge in [0.2, 0.25) is 15.9 Å². The van der Waals surface area contributed by atoms with Gasteiger partial charge in [-0.15, -0.1) is 0 Å². The second-order valence-corrected chi connectivity index (χ2v) is 8.82. The van der Waals surface area contributed by atoms with Crippen molar-refractivity contribution in [1.82, 2.24) is 0 Å². The molecule has 30 heavy (non-hydrogen) atoms. The average molecular weight is 447 g/mol. The van der Waals surface area contributed by atoms with E-state index in [0.29, 0.717) is 11.1 Å². The Labute approximate surface area is 179 Å². The van der Waals surface area contributed by atoms with Crippen molar-refractivity contribution in [3.8, 4) is 0 Å². The lowest BCUT2D eigenvalue weighted by molar-refractivity contribution is -0.114. The van der Waals surface area contributed by atoms with E-state index in [1.807, 2.05) is 18.2 Å². The Morgan fingerprint density at radius 2 is 1.77 bits per heavy atom. The number of rotatable bonds is 6. The van der Waals surface area contributed by atoms with Crippen LogP contribution >= 0.6 is 11.6 Å². The van der Waals surface area contributed by atoms with Crippen molar-refractivity contribution in [2.75, 3.05) is 29.5 Å². The lowest BCUT2D eigenvalue weighted by Crippen LogP contribution is -2.37. The molecule has 0 saturated heterocycles.